The van der Waals surface area contributed by atoms with E-state index in [2.05, 4.69) is 25.9 Å². The SMILES string of the molecule is CC(=O)NC1CCCC[C@H]1OC(=O)Nc1cc2cc(-c3cnc4c(c3C)NCCO4)c(F)c(N)c2cn1. The third-order valence-corrected chi connectivity index (χ3v) is 6.82. The average Bonchev–Trinajstić information content (AvgIpc) is 2.87. The molecule has 194 valence electrons. The lowest BCUT2D eigenvalue weighted by molar-refractivity contribution is -0.120. The maximum atomic E-state index is 15.4. The molecule has 1 aromatic carbocycles. The molecule has 37 heavy (non-hydrogen) atoms. The van der Waals surface area contributed by atoms with Crippen molar-refractivity contribution in [2.24, 2.45) is 0 Å². The van der Waals surface area contributed by atoms with Crippen molar-refractivity contribution in [3.05, 3.63) is 35.9 Å². The first-order chi connectivity index (χ1) is 17.8. The van der Waals surface area contributed by atoms with E-state index >= 15 is 4.39 Å². The van der Waals surface area contributed by atoms with Gasteiger partial charge < -0.3 is 25.8 Å². The number of halogens is 1. The van der Waals surface area contributed by atoms with E-state index in [1.165, 1.54) is 13.1 Å². The number of nitrogens with one attached hydrogen (secondary N) is 3. The Labute approximate surface area is 213 Å². The van der Waals surface area contributed by atoms with Crippen LogP contribution in [0.1, 0.15) is 38.2 Å². The second-order valence-electron chi connectivity index (χ2n) is 9.35. The smallest absolute Gasteiger partial charge is 0.413 e. The molecule has 0 saturated heterocycles. The van der Waals surface area contributed by atoms with E-state index in [9.17, 15) is 9.59 Å². The van der Waals surface area contributed by atoms with Crippen molar-refractivity contribution >= 4 is 40.0 Å². The van der Waals surface area contributed by atoms with Crippen molar-refractivity contribution in [3.63, 3.8) is 0 Å². The number of ether oxygens (including phenoxy) is 2. The zero-order valence-electron chi connectivity index (χ0n) is 20.7. The number of pyridine rings is 2. The summed E-state index contributed by atoms with van der Waals surface area (Å²) >= 11 is 0. The highest BCUT2D eigenvalue weighted by Crippen LogP contribution is 2.39. The van der Waals surface area contributed by atoms with E-state index in [1.807, 2.05) is 6.92 Å². The second-order valence-corrected chi connectivity index (χ2v) is 9.35. The molecule has 2 aromatic heterocycles. The lowest BCUT2D eigenvalue weighted by atomic mass is 9.92. The predicted octanol–water partition coefficient (Wildman–Crippen LogP) is 4.13. The van der Waals surface area contributed by atoms with Gasteiger partial charge in [0.15, 0.2) is 5.82 Å². The van der Waals surface area contributed by atoms with E-state index in [0.717, 1.165) is 30.5 Å². The number of rotatable bonds is 4. The van der Waals surface area contributed by atoms with Crippen LogP contribution in [0.4, 0.5) is 26.4 Å². The highest BCUT2D eigenvalue weighted by molar-refractivity contribution is 5.99. The molecule has 0 spiro atoms. The largest absolute Gasteiger partial charge is 0.474 e. The summed E-state index contributed by atoms with van der Waals surface area (Å²) in [4.78, 5) is 32.7. The van der Waals surface area contributed by atoms with Crippen LogP contribution >= 0.6 is 0 Å². The molecule has 1 saturated carbocycles. The Morgan fingerprint density at radius 3 is 2.81 bits per heavy atom. The second kappa shape index (κ2) is 10.1. The van der Waals surface area contributed by atoms with E-state index < -0.39 is 18.0 Å². The summed E-state index contributed by atoms with van der Waals surface area (Å²) in [6.45, 7) is 4.45. The van der Waals surface area contributed by atoms with Gasteiger partial charge >= 0.3 is 6.09 Å². The molecule has 11 heteroatoms. The molecule has 5 rings (SSSR count). The molecule has 1 fully saturated rings. The standard InChI is InChI=1S/C26H29FN6O4/c1-13-17(11-31-25-24(13)29-7-8-36-25)16-9-15-10-21(30-12-18(15)23(28)22(16)27)33-26(35)37-20-6-4-3-5-19(20)32-14(2)34/h9-12,19-20,29H,3-8,28H2,1-2H3,(H,32,34)(H,30,33,35)/t19?,20-/m1/s1. The molecule has 2 aliphatic rings. The van der Waals surface area contributed by atoms with Crippen LogP contribution in [0.5, 0.6) is 5.88 Å². The Hall–Kier alpha value is -4.15. The maximum absolute atomic E-state index is 15.4. The van der Waals surface area contributed by atoms with Crippen molar-refractivity contribution in [1.29, 1.82) is 0 Å². The summed E-state index contributed by atoms with van der Waals surface area (Å²) in [5.74, 6) is -0.0195. The minimum atomic E-state index is -0.676. The number of nitrogens with zero attached hydrogens (tertiary/aromatic N) is 2. The van der Waals surface area contributed by atoms with E-state index in [4.69, 9.17) is 15.2 Å². The topological polar surface area (TPSA) is 140 Å². The van der Waals surface area contributed by atoms with Gasteiger partial charge in [-0.15, -0.1) is 0 Å². The quantitative estimate of drug-likeness (QED) is 0.386. The Kier molecular flexibility index (Phi) is 6.68. The van der Waals surface area contributed by atoms with Crippen molar-refractivity contribution in [2.45, 2.75) is 51.7 Å². The number of carbonyl (C=O) groups is 2. The molecule has 3 aromatic rings. The number of amides is 2. The summed E-state index contributed by atoms with van der Waals surface area (Å²) in [7, 11) is 0. The van der Waals surface area contributed by atoms with Crippen LogP contribution in [0.25, 0.3) is 21.9 Å². The summed E-state index contributed by atoms with van der Waals surface area (Å²) in [6, 6.07) is 3.05. The van der Waals surface area contributed by atoms with Gasteiger partial charge in [-0.3, -0.25) is 10.1 Å². The molecule has 0 bridgehead atoms. The van der Waals surface area contributed by atoms with Crippen LogP contribution in [0.3, 0.4) is 0 Å². The van der Waals surface area contributed by atoms with Gasteiger partial charge in [-0.05, 0) is 49.3 Å². The fraction of sp³-hybridized carbons (Fsp3) is 0.385. The summed E-state index contributed by atoms with van der Waals surface area (Å²) in [5.41, 5.74) is 8.48. The Morgan fingerprint density at radius 1 is 1.19 bits per heavy atom. The number of fused-ring (bicyclic) bond motifs is 2. The lowest BCUT2D eigenvalue weighted by Crippen LogP contribution is -2.46. The van der Waals surface area contributed by atoms with Crippen molar-refractivity contribution in [3.8, 4) is 17.0 Å². The first-order valence-electron chi connectivity index (χ1n) is 12.3. The minimum absolute atomic E-state index is 0.0455. The molecule has 5 N–H and O–H groups in total. The third-order valence-electron chi connectivity index (χ3n) is 6.82. The van der Waals surface area contributed by atoms with Crippen LogP contribution in [-0.2, 0) is 9.53 Å². The van der Waals surface area contributed by atoms with Crippen molar-refractivity contribution in [2.75, 3.05) is 29.5 Å². The number of benzene rings is 1. The number of hydrogen-bond donors (Lipinski definition) is 4. The lowest BCUT2D eigenvalue weighted by Gasteiger charge is -2.31. The average molecular weight is 509 g/mol. The maximum Gasteiger partial charge on any atom is 0.413 e. The van der Waals surface area contributed by atoms with Gasteiger partial charge in [-0.2, -0.15) is 0 Å². The van der Waals surface area contributed by atoms with Crippen LogP contribution in [0.2, 0.25) is 0 Å². The van der Waals surface area contributed by atoms with Gasteiger partial charge in [0.1, 0.15) is 24.2 Å². The van der Waals surface area contributed by atoms with Crippen LogP contribution in [-0.4, -0.2) is 47.3 Å². The zero-order valence-corrected chi connectivity index (χ0v) is 20.7. The van der Waals surface area contributed by atoms with E-state index in [1.54, 1.807) is 18.3 Å². The van der Waals surface area contributed by atoms with Crippen LogP contribution in [0.15, 0.2) is 24.5 Å². The van der Waals surface area contributed by atoms with Gasteiger partial charge in [0, 0.05) is 42.4 Å². The van der Waals surface area contributed by atoms with Crippen LogP contribution < -0.4 is 26.4 Å². The highest BCUT2D eigenvalue weighted by atomic mass is 19.1. The summed E-state index contributed by atoms with van der Waals surface area (Å²) < 4.78 is 26.6. The van der Waals surface area contributed by atoms with Gasteiger partial charge in [0.05, 0.1) is 11.7 Å². The normalized spacial score (nSPS) is 18.8. The number of anilines is 3. The fourth-order valence-electron chi connectivity index (χ4n) is 4.99. The predicted molar refractivity (Wildman–Crippen MR) is 138 cm³/mol. The molecule has 0 radical (unpaired) electrons. The number of nitrogen functional groups attached to an aromatic ring is 1. The van der Waals surface area contributed by atoms with Crippen molar-refractivity contribution < 1.29 is 23.5 Å². The highest BCUT2D eigenvalue weighted by Gasteiger charge is 2.29. The molecule has 1 unspecified atom stereocenters. The molecule has 2 amide bonds. The van der Waals surface area contributed by atoms with E-state index in [-0.39, 0.29) is 29.0 Å². The molecule has 1 aliphatic carbocycles. The monoisotopic (exact) mass is 508 g/mol. The first-order valence-corrected chi connectivity index (χ1v) is 12.3. The van der Waals surface area contributed by atoms with Gasteiger partial charge in [0.2, 0.25) is 11.8 Å². The molecular weight excluding hydrogens is 479 g/mol. The van der Waals surface area contributed by atoms with Crippen molar-refractivity contribution in [1.82, 2.24) is 15.3 Å². The van der Waals surface area contributed by atoms with Gasteiger partial charge in [-0.1, -0.05) is 6.42 Å². The van der Waals surface area contributed by atoms with Gasteiger partial charge in [-0.25, -0.2) is 19.2 Å². The molecule has 1 aliphatic heterocycles. The summed E-state index contributed by atoms with van der Waals surface area (Å²) in [5, 5.41) is 9.76. The number of aromatic nitrogens is 2. The third kappa shape index (κ3) is 4.93. The number of carbonyl (C=O) groups excluding carboxylic acids is 2. The van der Waals surface area contributed by atoms with E-state index in [0.29, 0.717) is 41.8 Å². The van der Waals surface area contributed by atoms with Crippen LogP contribution in [0, 0.1) is 12.7 Å². The molecule has 10 nitrogen and oxygen atoms in total. The first kappa shape index (κ1) is 24.5. The molecular formula is C26H29FN6O4. The molecule has 2 atom stereocenters. The zero-order chi connectivity index (χ0) is 26.1. The van der Waals surface area contributed by atoms with Gasteiger partial charge in [0.25, 0.3) is 0 Å². The molecule has 3 heterocycles. The Morgan fingerprint density at radius 2 is 2.00 bits per heavy atom. The summed E-state index contributed by atoms with van der Waals surface area (Å²) in [6.07, 6.45) is 5.17. The number of hydrogen-bond acceptors (Lipinski definition) is 8. The number of nitrogens with two attached hydrogens (primary N) is 1. The fourth-order valence-corrected chi connectivity index (χ4v) is 4.99. The Bertz CT molecular complexity index is 1380. The minimum Gasteiger partial charge on any atom is -0.474 e. The Balaban J connectivity index is 1.41.